The highest BCUT2D eigenvalue weighted by Crippen LogP contribution is 2.28. The monoisotopic (exact) mass is 242 g/mol. The van der Waals surface area contributed by atoms with Crippen molar-refractivity contribution >= 4 is 6.09 Å². The summed E-state index contributed by atoms with van der Waals surface area (Å²) in [6, 6.07) is 0. The van der Waals surface area contributed by atoms with E-state index in [0.717, 1.165) is 13.1 Å². The number of ether oxygens (including phenoxy) is 1. The van der Waals surface area contributed by atoms with Crippen LogP contribution in [0.15, 0.2) is 0 Å². The van der Waals surface area contributed by atoms with Crippen LogP contribution in [-0.2, 0) is 4.74 Å². The summed E-state index contributed by atoms with van der Waals surface area (Å²) < 4.78 is 5.40. The fourth-order valence-electron chi connectivity index (χ4n) is 2.54. The summed E-state index contributed by atoms with van der Waals surface area (Å²) in [6.07, 6.45) is -0.202. The second-order valence-corrected chi connectivity index (χ2v) is 6.24. The number of carbonyl (C=O) groups is 1. The van der Waals surface area contributed by atoms with Gasteiger partial charge in [-0.25, -0.2) is 4.79 Å². The first-order chi connectivity index (χ1) is 7.74. The van der Waals surface area contributed by atoms with E-state index in [9.17, 15) is 4.79 Å². The van der Waals surface area contributed by atoms with E-state index < -0.39 is 5.60 Å². The number of rotatable bonds is 1. The first-order valence-electron chi connectivity index (χ1n) is 6.42. The van der Waals surface area contributed by atoms with Crippen molar-refractivity contribution in [3.8, 4) is 0 Å². The smallest absolute Gasteiger partial charge is 0.410 e. The van der Waals surface area contributed by atoms with Gasteiger partial charge in [-0.15, -0.1) is 0 Å². The maximum absolute atomic E-state index is 12.0. The van der Waals surface area contributed by atoms with E-state index in [4.69, 9.17) is 10.5 Å². The lowest BCUT2D eigenvalue weighted by molar-refractivity contribution is 0.00257. The minimum absolute atomic E-state index is 0.202. The van der Waals surface area contributed by atoms with Crippen LogP contribution < -0.4 is 5.73 Å². The molecule has 1 saturated heterocycles. The van der Waals surface area contributed by atoms with Crippen molar-refractivity contribution < 1.29 is 9.53 Å². The van der Waals surface area contributed by atoms with Gasteiger partial charge >= 0.3 is 6.09 Å². The Morgan fingerprint density at radius 3 is 2.12 bits per heavy atom. The molecule has 0 radical (unpaired) electrons. The molecule has 0 aliphatic carbocycles. The highest BCUT2D eigenvalue weighted by atomic mass is 16.6. The van der Waals surface area contributed by atoms with E-state index in [2.05, 4.69) is 13.8 Å². The highest BCUT2D eigenvalue weighted by Gasteiger charge is 2.34. The average Bonchev–Trinajstić information content (AvgIpc) is 2.14. The lowest BCUT2D eigenvalue weighted by Gasteiger charge is -2.41. The quantitative estimate of drug-likeness (QED) is 0.766. The van der Waals surface area contributed by atoms with Gasteiger partial charge in [0.25, 0.3) is 0 Å². The Kier molecular flexibility index (Phi) is 4.42. The van der Waals surface area contributed by atoms with E-state index in [1.807, 2.05) is 25.7 Å². The summed E-state index contributed by atoms with van der Waals surface area (Å²) in [4.78, 5) is 13.8. The Morgan fingerprint density at radius 2 is 1.76 bits per heavy atom. The van der Waals surface area contributed by atoms with Gasteiger partial charge in [-0.1, -0.05) is 13.8 Å². The molecule has 4 nitrogen and oxygen atoms in total. The van der Waals surface area contributed by atoms with E-state index >= 15 is 0 Å². The van der Waals surface area contributed by atoms with Crippen molar-refractivity contribution in [3.63, 3.8) is 0 Å². The summed E-state index contributed by atoms with van der Waals surface area (Å²) in [5.74, 6) is 1.39. The summed E-state index contributed by atoms with van der Waals surface area (Å²) in [7, 11) is 0. The number of hydrogen-bond donors (Lipinski definition) is 1. The van der Waals surface area contributed by atoms with Crippen molar-refractivity contribution in [2.24, 2.45) is 23.5 Å². The minimum Gasteiger partial charge on any atom is -0.444 e. The molecule has 0 aromatic carbocycles. The summed E-state index contributed by atoms with van der Waals surface area (Å²) in [5.41, 5.74) is 5.35. The summed E-state index contributed by atoms with van der Waals surface area (Å²) in [6.45, 7) is 12.2. The fourth-order valence-corrected chi connectivity index (χ4v) is 2.54. The topological polar surface area (TPSA) is 55.6 Å². The second kappa shape index (κ2) is 5.25. The predicted molar refractivity (Wildman–Crippen MR) is 68.7 cm³/mol. The molecule has 0 bridgehead atoms. The third-order valence-electron chi connectivity index (χ3n) is 3.40. The van der Waals surface area contributed by atoms with Crippen molar-refractivity contribution in [1.29, 1.82) is 0 Å². The number of hydrogen-bond acceptors (Lipinski definition) is 3. The zero-order valence-corrected chi connectivity index (χ0v) is 11.7. The van der Waals surface area contributed by atoms with E-state index in [-0.39, 0.29) is 6.09 Å². The van der Waals surface area contributed by atoms with E-state index in [1.54, 1.807) is 0 Å². The zero-order valence-electron chi connectivity index (χ0n) is 11.7. The number of piperidine rings is 1. The number of nitrogens with two attached hydrogens (primary N) is 1. The van der Waals surface area contributed by atoms with Gasteiger partial charge in [0, 0.05) is 13.1 Å². The van der Waals surface area contributed by atoms with Crippen molar-refractivity contribution in [2.45, 2.75) is 40.2 Å². The van der Waals surface area contributed by atoms with Gasteiger partial charge < -0.3 is 15.4 Å². The van der Waals surface area contributed by atoms with Crippen LogP contribution >= 0.6 is 0 Å². The molecule has 1 aliphatic rings. The molecular formula is C13H26N2O2. The lowest BCUT2D eigenvalue weighted by atomic mass is 9.80. The SMILES string of the molecule is CC1CN(C(=O)OC(C)(C)C)CC(C)C1CN. The highest BCUT2D eigenvalue weighted by molar-refractivity contribution is 5.68. The maximum atomic E-state index is 12.0. The van der Waals surface area contributed by atoms with Crippen LogP contribution in [0.25, 0.3) is 0 Å². The molecule has 1 rings (SSSR count). The van der Waals surface area contributed by atoms with E-state index in [1.165, 1.54) is 0 Å². The van der Waals surface area contributed by atoms with Crippen LogP contribution in [0.4, 0.5) is 4.79 Å². The number of likely N-dealkylation sites (tertiary alicyclic amines) is 1. The zero-order chi connectivity index (χ0) is 13.2. The third-order valence-corrected chi connectivity index (χ3v) is 3.40. The van der Waals surface area contributed by atoms with Crippen molar-refractivity contribution in [2.75, 3.05) is 19.6 Å². The molecule has 17 heavy (non-hydrogen) atoms. The molecule has 4 heteroatoms. The van der Waals surface area contributed by atoms with Crippen molar-refractivity contribution in [1.82, 2.24) is 4.90 Å². The second-order valence-electron chi connectivity index (χ2n) is 6.24. The standard InChI is InChI=1S/C13H26N2O2/c1-9-7-15(8-10(2)11(9)6-14)12(16)17-13(3,4)5/h9-11H,6-8,14H2,1-5H3. The molecule has 100 valence electrons. The first kappa shape index (κ1) is 14.3. The molecule has 0 aromatic rings. The molecular weight excluding hydrogens is 216 g/mol. The van der Waals surface area contributed by atoms with Gasteiger partial charge in [-0.3, -0.25) is 0 Å². The van der Waals surface area contributed by atoms with Crippen LogP contribution in [0.5, 0.6) is 0 Å². The lowest BCUT2D eigenvalue weighted by Crippen LogP contribution is -2.50. The molecule has 1 amide bonds. The number of carbonyl (C=O) groups excluding carboxylic acids is 1. The molecule has 2 atom stereocenters. The van der Waals surface area contributed by atoms with Gasteiger partial charge in [-0.2, -0.15) is 0 Å². The van der Waals surface area contributed by atoms with Gasteiger partial charge in [0.05, 0.1) is 0 Å². The van der Waals surface area contributed by atoms with Gasteiger partial charge in [0.2, 0.25) is 0 Å². The molecule has 2 N–H and O–H groups in total. The van der Waals surface area contributed by atoms with Crippen LogP contribution in [0, 0.1) is 17.8 Å². The Balaban J connectivity index is 2.60. The molecule has 0 aromatic heterocycles. The van der Waals surface area contributed by atoms with Crippen LogP contribution in [0.3, 0.4) is 0 Å². The Hall–Kier alpha value is -0.770. The molecule has 0 spiro atoms. The number of nitrogens with zero attached hydrogens (tertiary/aromatic N) is 1. The fraction of sp³-hybridized carbons (Fsp3) is 0.923. The predicted octanol–water partition coefficient (Wildman–Crippen LogP) is 2.08. The minimum atomic E-state index is -0.422. The Bertz CT molecular complexity index is 261. The largest absolute Gasteiger partial charge is 0.444 e. The van der Waals surface area contributed by atoms with Crippen LogP contribution in [0.2, 0.25) is 0 Å². The molecule has 0 saturated carbocycles. The molecule has 1 heterocycles. The third kappa shape index (κ3) is 3.87. The Morgan fingerprint density at radius 1 is 1.29 bits per heavy atom. The van der Waals surface area contributed by atoms with Crippen molar-refractivity contribution in [3.05, 3.63) is 0 Å². The van der Waals surface area contributed by atoms with E-state index in [0.29, 0.717) is 24.3 Å². The summed E-state index contributed by atoms with van der Waals surface area (Å²) in [5, 5.41) is 0. The molecule has 1 aliphatic heterocycles. The normalized spacial score (nSPS) is 30.2. The first-order valence-corrected chi connectivity index (χ1v) is 6.42. The summed E-state index contributed by atoms with van der Waals surface area (Å²) >= 11 is 0. The van der Waals surface area contributed by atoms with Gasteiger partial charge in [0.15, 0.2) is 0 Å². The Labute approximate surface area is 104 Å². The van der Waals surface area contributed by atoms with Crippen LogP contribution in [-0.4, -0.2) is 36.2 Å². The van der Waals surface area contributed by atoms with Gasteiger partial charge in [0.1, 0.15) is 5.60 Å². The molecule has 2 unspecified atom stereocenters. The van der Waals surface area contributed by atoms with Crippen LogP contribution in [0.1, 0.15) is 34.6 Å². The maximum Gasteiger partial charge on any atom is 0.410 e. The number of amides is 1. The van der Waals surface area contributed by atoms with Gasteiger partial charge in [-0.05, 0) is 45.1 Å². The average molecular weight is 242 g/mol. The molecule has 1 fully saturated rings.